The number of para-hydroxylation sites is 1. The lowest BCUT2D eigenvalue weighted by Gasteiger charge is -2.11. The molecule has 0 bridgehead atoms. The number of ether oxygens (including phenoxy) is 1. The summed E-state index contributed by atoms with van der Waals surface area (Å²) in [4.78, 5) is 22.6. The second-order valence-corrected chi connectivity index (χ2v) is 4.58. The zero-order valence-corrected chi connectivity index (χ0v) is 11.6. The van der Waals surface area contributed by atoms with Crippen LogP contribution in [-0.2, 0) is 9.53 Å². The van der Waals surface area contributed by atoms with Gasteiger partial charge in [0.15, 0.2) is 6.61 Å². The van der Waals surface area contributed by atoms with Gasteiger partial charge in [-0.05, 0) is 31.2 Å². The van der Waals surface area contributed by atoms with Gasteiger partial charge in [-0.2, -0.15) is 0 Å². The minimum Gasteiger partial charge on any atom is -0.452 e. The van der Waals surface area contributed by atoms with Gasteiger partial charge in [0, 0.05) is 5.69 Å². The Kier molecular flexibility index (Phi) is 4.56. The maximum Gasteiger partial charge on any atom is 0.340 e. The van der Waals surface area contributed by atoms with Crippen LogP contribution in [-0.4, -0.2) is 18.5 Å². The lowest BCUT2D eigenvalue weighted by Crippen LogP contribution is -2.21. The number of rotatable bonds is 5. The van der Waals surface area contributed by atoms with E-state index in [1.54, 1.807) is 24.3 Å². The molecule has 21 heavy (non-hydrogen) atoms. The van der Waals surface area contributed by atoms with Crippen molar-refractivity contribution in [3.05, 3.63) is 59.7 Å². The standard InChI is InChI=1S/C16H16N2O3/c1-11-6-8-12(9-7-11)18-14-5-3-2-4-13(14)16(20)21-10-15(17)19/h2-9,18H,10H2,1H3,(H2,17,19). The maximum atomic E-state index is 11.9. The summed E-state index contributed by atoms with van der Waals surface area (Å²) in [7, 11) is 0. The summed E-state index contributed by atoms with van der Waals surface area (Å²) in [5.41, 5.74) is 7.92. The van der Waals surface area contributed by atoms with Gasteiger partial charge in [0.05, 0.1) is 11.3 Å². The van der Waals surface area contributed by atoms with Crippen molar-refractivity contribution in [1.82, 2.24) is 0 Å². The monoisotopic (exact) mass is 284 g/mol. The number of carbonyl (C=O) groups excluding carboxylic acids is 2. The molecule has 0 fully saturated rings. The highest BCUT2D eigenvalue weighted by Crippen LogP contribution is 2.21. The third kappa shape index (κ3) is 4.07. The molecule has 0 radical (unpaired) electrons. The van der Waals surface area contributed by atoms with Crippen molar-refractivity contribution in [3.63, 3.8) is 0 Å². The van der Waals surface area contributed by atoms with E-state index in [4.69, 9.17) is 10.5 Å². The van der Waals surface area contributed by atoms with Gasteiger partial charge in [0.2, 0.25) is 0 Å². The molecule has 3 N–H and O–H groups in total. The lowest BCUT2D eigenvalue weighted by molar-refractivity contribution is -0.121. The van der Waals surface area contributed by atoms with Crippen LogP contribution < -0.4 is 11.1 Å². The zero-order valence-electron chi connectivity index (χ0n) is 11.6. The predicted octanol–water partition coefficient (Wildman–Crippen LogP) is 2.38. The molecule has 0 unspecified atom stereocenters. The van der Waals surface area contributed by atoms with Gasteiger partial charge in [0.1, 0.15) is 0 Å². The number of anilines is 2. The third-order valence-corrected chi connectivity index (χ3v) is 2.82. The van der Waals surface area contributed by atoms with Gasteiger partial charge in [-0.15, -0.1) is 0 Å². The molecule has 0 heterocycles. The van der Waals surface area contributed by atoms with Gasteiger partial charge in [-0.25, -0.2) is 4.79 Å². The first-order chi connectivity index (χ1) is 10.1. The molecule has 0 atom stereocenters. The van der Waals surface area contributed by atoms with E-state index in [0.29, 0.717) is 11.3 Å². The van der Waals surface area contributed by atoms with Crippen molar-refractivity contribution < 1.29 is 14.3 Å². The van der Waals surface area contributed by atoms with Crippen LogP contribution in [0.2, 0.25) is 0 Å². The van der Waals surface area contributed by atoms with Crippen molar-refractivity contribution >= 4 is 23.3 Å². The average Bonchev–Trinajstić information content (AvgIpc) is 2.48. The van der Waals surface area contributed by atoms with Gasteiger partial charge in [-0.3, -0.25) is 4.79 Å². The molecule has 5 heteroatoms. The zero-order chi connectivity index (χ0) is 15.2. The topological polar surface area (TPSA) is 81.4 Å². The Hall–Kier alpha value is -2.82. The molecule has 0 saturated carbocycles. The van der Waals surface area contributed by atoms with Crippen LogP contribution in [0.25, 0.3) is 0 Å². The summed E-state index contributed by atoms with van der Waals surface area (Å²) in [5.74, 6) is -1.28. The number of hydrogen-bond acceptors (Lipinski definition) is 4. The Morgan fingerprint density at radius 2 is 1.76 bits per heavy atom. The fraction of sp³-hybridized carbons (Fsp3) is 0.125. The summed E-state index contributed by atoms with van der Waals surface area (Å²) in [6.45, 7) is 1.57. The molecule has 0 saturated heterocycles. The molecule has 108 valence electrons. The molecule has 0 aliphatic heterocycles. The number of primary amides is 1. The van der Waals surface area contributed by atoms with Crippen molar-refractivity contribution in [3.8, 4) is 0 Å². The van der Waals surface area contributed by atoms with E-state index in [-0.39, 0.29) is 0 Å². The molecule has 0 aliphatic rings. The summed E-state index contributed by atoms with van der Waals surface area (Å²) in [6, 6.07) is 14.7. The summed E-state index contributed by atoms with van der Waals surface area (Å²) >= 11 is 0. The Morgan fingerprint density at radius 3 is 2.43 bits per heavy atom. The Bertz CT molecular complexity index is 651. The quantitative estimate of drug-likeness (QED) is 0.826. The van der Waals surface area contributed by atoms with E-state index < -0.39 is 18.5 Å². The van der Waals surface area contributed by atoms with E-state index >= 15 is 0 Å². The summed E-state index contributed by atoms with van der Waals surface area (Å²) in [5, 5.41) is 3.15. The molecule has 2 rings (SSSR count). The highest BCUT2D eigenvalue weighted by molar-refractivity contribution is 5.97. The van der Waals surface area contributed by atoms with E-state index in [1.807, 2.05) is 31.2 Å². The summed E-state index contributed by atoms with van der Waals surface area (Å²) in [6.07, 6.45) is 0. The van der Waals surface area contributed by atoms with Crippen LogP contribution in [0, 0.1) is 6.92 Å². The van der Waals surface area contributed by atoms with E-state index in [1.165, 1.54) is 0 Å². The molecule has 0 aliphatic carbocycles. The molecule has 5 nitrogen and oxygen atoms in total. The number of esters is 1. The number of hydrogen-bond donors (Lipinski definition) is 2. The molecular weight excluding hydrogens is 268 g/mol. The largest absolute Gasteiger partial charge is 0.452 e. The lowest BCUT2D eigenvalue weighted by atomic mass is 10.1. The van der Waals surface area contributed by atoms with Crippen molar-refractivity contribution in [2.75, 3.05) is 11.9 Å². The summed E-state index contributed by atoms with van der Waals surface area (Å²) < 4.78 is 4.83. The van der Waals surface area contributed by atoms with Crippen molar-refractivity contribution in [2.45, 2.75) is 6.92 Å². The number of nitrogens with two attached hydrogens (primary N) is 1. The molecule has 1 amide bonds. The van der Waals surface area contributed by atoms with Crippen LogP contribution in [0.3, 0.4) is 0 Å². The van der Waals surface area contributed by atoms with Crippen LogP contribution in [0.5, 0.6) is 0 Å². The number of nitrogens with one attached hydrogen (secondary N) is 1. The van der Waals surface area contributed by atoms with Crippen LogP contribution in [0.15, 0.2) is 48.5 Å². The number of amides is 1. The number of carbonyl (C=O) groups is 2. The highest BCUT2D eigenvalue weighted by atomic mass is 16.5. The number of aryl methyl sites for hydroxylation is 1. The molecule has 0 aromatic heterocycles. The van der Waals surface area contributed by atoms with Gasteiger partial charge >= 0.3 is 5.97 Å². The van der Waals surface area contributed by atoms with Crippen molar-refractivity contribution in [2.24, 2.45) is 5.73 Å². The van der Waals surface area contributed by atoms with E-state index in [9.17, 15) is 9.59 Å². The Morgan fingerprint density at radius 1 is 1.10 bits per heavy atom. The highest BCUT2D eigenvalue weighted by Gasteiger charge is 2.13. The van der Waals surface area contributed by atoms with Gasteiger partial charge in [-0.1, -0.05) is 29.8 Å². The minimum atomic E-state index is -0.688. The minimum absolute atomic E-state index is 0.347. The molecule has 2 aromatic rings. The smallest absolute Gasteiger partial charge is 0.340 e. The normalized spacial score (nSPS) is 9.95. The number of benzene rings is 2. The molecule has 0 spiro atoms. The fourth-order valence-electron chi connectivity index (χ4n) is 1.78. The SMILES string of the molecule is Cc1ccc(Nc2ccccc2C(=O)OCC(N)=O)cc1. The second kappa shape index (κ2) is 6.56. The average molecular weight is 284 g/mol. The first-order valence-corrected chi connectivity index (χ1v) is 6.44. The first kappa shape index (κ1) is 14.6. The van der Waals surface area contributed by atoms with E-state index in [2.05, 4.69) is 5.32 Å². The Balaban J connectivity index is 2.18. The van der Waals surface area contributed by atoms with Crippen molar-refractivity contribution in [1.29, 1.82) is 0 Å². The van der Waals surface area contributed by atoms with Gasteiger partial charge in [0.25, 0.3) is 5.91 Å². The van der Waals surface area contributed by atoms with Gasteiger partial charge < -0.3 is 15.8 Å². The van der Waals surface area contributed by atoms with Crippen LogP contribution >= 0.6 is 0 Å². The third-order valence-electron chi connectivity index (χ3n) is 2.82. The van der Waals surface area contributed by atoms with Crippen LogP contribution in [0.1, 0.15) is 15.9 Å². The van der Waals surface area contributed by atoms with Crippen LogP contribution in [0.4, 0.5) is 11.4 Å². The first-order valence-electron chi connectivity index (χ1n) is 6.44. The van der Waals surface area contributed by atoms with E-state index in [0.717, 1.165) is 11.3 Å². The molecular formula is C16H16N2O3. The predicted molar refractivity (Wildman–Crippen MR) is 80.4 cm³/mol. The second-order valence-electron chi connectivity index (χ2n) is 4.58. The fourth-order valence-corrected chi connectivity index (χ4v) is 1.78. The Labute approximate surface area is 122 Å². The molecule has 2 aromatic carbocycles. The maximum absolute atomic E-state index is 11.9.